The Kier molecular flexibility index (Phi) is 3.70. The average Bonchev–Trinajstić information content (AvgIpc) is 3.03. The Bertz CT molecular complexity index is 601. The molecule has 1 aliphatic rings. The van der Waals surface area contributed by atoms with Crippen LogP contribution in [0.3, 0.4) is 0 Å². The Labute approximate surface area is 123 Å². The van der Waals surface area contributed by atoms with Gasteiger partial charge in [0, 0.05) is 26.0 Å². The first kappa shape index (κ1) is 13.7. The standard InChI is InChI=1S/C13H19N7O/c1-9-7-21-10(2)6-20(9)13-17-11(14-3)16-12(18-13)19-5-4-15-8-19/h4-5,8-10H,6-7H2,1-3H3,(H,14,16,17,18). The van der Waals surface area contributed by atoms with E-state index < -0.39 is 0 Å². The highest BCUT2D eigenvalue weighted by Crippen LogP contribution is 2.20. The van der Waals surface area contributed by atoms with Crippen LogP contribution in [0.1, 0.15) is 13.8 Å². The van der Waals surface area contributed by atoms with E-state index in [1.807, 2.05) is 6.20 Å². The molecular weight excluding hydrogens is 270 g/mol. The monoisotopic (exact) mass is 289 g/mol. The molecule has 21 heavy (non-hydrogen) atoms. The topological polar surface area (TPSA) is 81.0 Å². The summed E-state index contributed by atoms with van der Waals surface area (Å²) in [5, 5.41) is 2.98. The number of hydrogen-bond donors (Lipinski definition) is 1. The molecular formula is C13H19N7O. The van der Waals surface area contributed by atoms with Gasteiger partial charge < -0.3 is 15.0 Å². The zero-order valence-corrected chi connectivity index (χ0v) is 12.4. The third-order valence-corrected chi connectivity index (χ3v) is 3.44. The fourth-order valence-corrected chi connectivity index (χ4v) is 2.27. The molecule has 3 heterocycles. The van der Waals surface area contributed by atoms with Crippen molar-refractivity contribution in [3.8, 4) is 5.95 Å². The van der Waals surface area contributed by atoms with Crippen LogP contribution >= 0.6 is 0 Å². The number of morpholine rings is 1. The van der Waals surface area contributed by atoms with Gasteiger partial charge in [-0.15, -0.1) is 0 Å². The Morgan fingerprint density at radius 2 is 2.05 bits per heavy atom. The summed E-state index contributed by atoms with van der Waals surface area (Å²) in [5.41, 5.74) is 0. The van der Waals surface area contributed by atoms with Crippen LogP contribution in [0, 0.1) is 0 Å². The molecule has 112 valence electrons. The first-order chi connectivity index (χ1) is 10.2. The Balaban J connectivity index is 1.99. The first-order valence-electron chi connectivity index (χ1n) is 6.97. The molecule has 3 rings (SSSR count). The minimum atomic E-state index is 0.160. The molecule has 1 aliphatic heterocycles. The molecule has 1 fully saturated rings. The van der Waals surface area contributed by atoms with Gasteiger partial charge in [-0.1, -0.05) is 0 Å². The van der Waals surface area contributed by atoms with Crippen molar-refractivity contribution >= 4 is 11.9 Å². The van der Waals surface area contributed by atoms with Crippen LogP contribution in [-0.2, 0) is 4.74 Å². The fraction of sp³-hybridized carbons (Fsp3) is 0.538. The molecule has 0 aliphatic carbocycles. The molecule has 8 nitrogen and oxygen atoms in total. The summed E-state index contributed by atoms with van der Waals surface area (Å²) in [6.07, 6.45) is 5.34. The van der Waals surface area contributed by atoms with Crippen LogP contribution in [0.15, 0.2) is 18.7 Å². The normalized spacial score (nSPS) is 22.3. The lowest BCUT2D eigenvalue weighted by Crippen LogP contribution is -2.48. The second-order valence-electron chi connectivity index (χ2n) is 5.12. The van der Waals surface area contributed by atoms with Crippen LogP contribution in [0.2, 0.25) is 0 Å². The number of nitrogens with zero attached hydrogens (tertiary/aromatic N) is 6. The van der Waals surface area contributed by atoms with Gasteiger partial charge in [0.2, 0.25) is 17.8 Å². The van der Waals surface area contributed by atoms with E-state index in [1.54, 1.807) is 24.1 Å². The highest BCUT2D eigenvalue weighted by molar-refractivity contribution is 5.41. The van der Waals surface area contributed by atoms with E-state index >= 15 is 0 Å². The van der Waals surface area contributed by atoms with Gasteiger partial charge in [0.1, 0.15) is 6.33 Å². The van der Waals surface area contributed by atoms with E-state index in [1.165, 1.54) is 0 Å². The SMILES string of the molecule is CNc1nc(N2CC(C)OCC2C)nc(-n2ccnc2)n1. The van der Waals surface area contributed by atoms with E-state index in [0.29, 0.717) is 24.5 Å². The van der Waals surface area contributed by atoms with Gasteiger partial charge in [0.25, 0.3) is 0 Å². The largest absolute Gasteiger partial charge is 0.375 e. The van der Waals surface area contributed by atoms with E-state index in [2.05, 4.69) is 44.0 Å². The summed E-state index contributed by atoms with van der Waals surface area (Å²) in [4.78, 5) is 19.6. The third kappa shape index (κ3) is 2.80. The van der Waals surface area contributed by atoms with E-state index in [-0.39, 0.29) is 12.1 Å². The number of ether oxygens (including phenoxy) is 1. The van der Waals surface area contributed by atoms with Crippen molar-refractivity contribution in [3.63, 3.8) is 0 Å². The molecule has 2 aromatic rings. The summed E-state index contributed by atoms with van der Waals surface area (Å²) in [6, 6.07) is 0.226. The molecule has 0 aromatic carbocycles. The second-order valence-corrected chi connectivity index (χ2v) is 5.12. The Morgan fingerprint density at radius 1 is 1.24 bits per heavy atom. The molecule has 0 bridgehead atoms. The van der Waals surface area contributed by atoms with Crippen LogP contribution in [0.5, 0.6) is 0 Å². The Morgan fingerprint density at radius 3 is 2.76 bits per heavy atom. The van der Waals surface area contributed by atoms with Crippen molar-refractivity contribution in [1.82, 2.24) is 24.5 Å². The molecule has 8 heteroatoms. The first-order valence-corrected chi connectivity index (χ1v) is 6.97. The summed E-state index contributed by atoms with van der Waals surface area (Å²) < 4.78 is 7.42. The number of aromatic nitrogens is 5. The van der Waals surface area contributed by atoms with Crippen molar-refractivity contribution < 1.29 is 4.74 Å². The van der Waals surface area contributed by atoms with Gasteiger partial charge in [-0.3, -0.25) is 4.57 Å². The maximum absolute atomic E-state index is 5.66. The van der Waals surface area contributed by atoms with Gasteiger partial charge in [-0.25, -0.2) is 4.98 Å². The summed E-state index contributed by atoms with van der Waals surface area (Å²) in [5.74, 6) is 1.74. The second kappa shape index (κ2) is 5.65. The van der Waals surface area contributed by atoms with Gasteiger partial charge in [-0.2, -0.15) is 15.0 Å². The van der Waals surface area contributed by atoms with Crippen molar-refractivity contribution in [3.05, 3.63) is 18.7 Å². The predicted octanol–water partition coefficient (Wildman–Crippen LogP) is 0.713. The minimum absolute atomic E-state index is 0.160. The lowest BCUT2D eigenvalue weighted by atomic mass is 10.2. The van der Waals surface area contributed by atoms with Crippen LogP contribution < -0.4 is 10.2 Å². The molecule has 1 saturated heterocycles. The molecule has 2 aromatic heterocycles. The maximum Gasteiger partial charge on any atom is 0.241 e. The highest BCUT2D eigenvalue weighted by atomic mass is 16.5. The smallest absolute Gasteiger partial charge is 0.241 e. The molecule has 2 atom stereocenters. The minimum Gasteiger partial charge on any atom is -0.375 e. The lowest BCUT2D eigenvalue weighted by Gasteiger charge is -2.36. The number of nitrogens with one attached hydrogen (secondary N) is 1. The van der Waals surface area contributed by atoms with E-state index in [0.717, 1.165) is 6.54 Å². The molecule has 0 saturated carbocycles. The molecule has 2 unspecified atom stereocenters. The highest BCUT2D eigenvalue weighted by Gasteiger charge is 2.26. The van der Waals surface area contributed by atoms with E-state index in [4.69, 9.17) is 4.74 Å². The van der Waals surface area contributed by atoms with Gasteiger partial charge >= 0.3 is 0 Å². The molecule has 0 radical (unpaired) electrons. The summed E-state index contributed by atoms with van der Waals surface area (Å²) >= 11 is 0. The lowest BCUT2D eigenvalue weighted by molar-refractivity contribution is 0.0337. The van der Waals surface area contributed by atoms with Gasteiger partial charge in [-0.05, 0) is 13.8 Å². The predicted molar refractivity (Wildman–Crippen MR) is 78.7 cm³/mol. The third-order valence-electron chi connectivity index (χ3n) is 3.44. The van der Waals surface area contributed by atoms with Crippen molar-refractivity contribution in [2.75, 3.05) is 30.4 Å². The summed E-state index contributed by atoms with van der Waals surface area (Å²) in [6.45, 7) is 5.58. The number of imidazole rings is 1. The zero-order valence-electron chi connectivity index (χ0n) is 12.4. The molecule has 0 amide bonds. The quantitative estimate of drug-likeness (QED) is 0.891. The number of anilines is 2. The number of rotatable bonds is 3. The molecule has 1 N–H and O–H groups in total. The number of hydrogen-bond acceptors (Lipinski definition) is 7. The van der Waals surface area contributed by atoms with Crippen LogP contribution in [0.4, 0.5) is 11.9 Å². The van der Waals surface area contributed by atoms with Gasteiger partial charge in [0.05, 0.1) is 18.8 Å². The van der Waals surface area contributed by atoms with Crippen molar-refractivity contribution in [1.29, 1.82) is 0 Å². The summed E-state index contributed by atoms with van der Waals surface area (Å²) in [7, 11) is 1.79. The average molecular weight is 289 g/mol. The van der Waals surface area contributed by atoms with E-state index in [9.17, 15) is 0 Å². The van der Waals surface area contributed by atoms with Crippen molar-refractivity contribution in [2.24, 2.45) is 0 Å². The van der Waals surface area contributed by atoms with Crippen LogP contribution in [-0.4, -0.2) is 56.8 Å². The fourth-order valence-electron chi connectivity index (χ4n) is 2.27. The zero-order chi connectivity index (χ0) is 14.8. The molecule has 0 spiro atoms. The van der Waals surface area contributed by atoms with Gasteiger partial charge in [0.15, 0.2) is 0 Å². The Hall–Kier alpha value is -2.22. The maximum atomic E-state index is 5.66. The van der Waals surface area contributed by atoms with Crippen molar-refractivity contribution in [2.45, 2.75) is 26.0 Å². The van der Waals surface area contributed by atoms with Crippen LogP contribution in [0.25, 0.3) is 5.95 Å².